The number of aliphatic imine (C=N–C) groups is 1. The quantitative estimate of drug-likeness (QED) is 0.590. The predicted molar refractivity (Wildman–Crippen MR) is 133 cm³/mol. The van der Waals surface area contributed by atoms with Gasteiger partial charge in [0, 0.05) is 12.6 Å². The lowest BCUT2D eigenvalue weighted by molar-refractivity contribution is -0.155. The SMILES string of the molecule is CCOC(=O)C1C(C(=O)NCc2ccccc2)C(=NCc2ccccc2)C(=O)N1C1CCCCC1. The monoisotopic (exact) mass is 475 g/mol. The summed E-state index contributed by atoms with van der Waals surface area (Å²) in [5.74, 6) is -2.27. The molecule has 2 fully saturated rings. The number of likely N-dealkylation sites (tertiary alicyclic amines) is 1. The van der Waals surface area contributed by atoms with Crippen LogP contribution in [-0.2, 0) is 32.2 Å². The van der Waals surface area contributed by atoms with E-state index in [-0.39, 0.29) is 36.7 Å². The summed E-state index contributed by atoms with van der Waals surface area (Å²) >= 11 is 0. The second kappa shape index (κ2) is 11.8. The Balaban J connectivity index is 1.68. The smallest absolute Gasteiger partial charge is 0.330 e. The zero-order valence-corrected chi connectivity index (χ0v) is 20.2. The molecule has 1 saturated carbocycles. The number of benzene rings is 2. The number of nitrogens with zero attached hydrogens (tertiary/aromatic N) is 2. The maximum absolute atomic E-state index is 13.7. The first-order valence-electron chi connectivity index (χ1n) is 12.5. The Morgan fingerprint density at radius 3 is 2.23 bits per heavy atom. The van der Waals surface area contributed by atoms with Crippen molar-refractivity contribution in [2.24, 2.45) is 10.9 Å². The van der Waals surface area contributed by atoms with E-state index in [0.717, 1.165) is 43.2 Å². The van der Waals surface area contributed by atoms with E-state index >= 15 is 0 Å². The lowest BCUT2D eigenvalue weighted by Gasteiger charge is -2.35. The molecule has 0 spiro atoms. The Morgan fingerprint density at radius 2 is 1.60 bits per heavy atom. The van der Waals surface area contributed by atoms with Gasteiger partial charge in [0.2, 0.25) is 5.91 Å². The highest BCUT2D eigenvalue weighted by Crippen LogP contribution is 2.33. The van der Waals surface area contributed by atoms with E-state index in [9.17, 15) is 14.4 Å². The number of hydrogen-bond donors (Lipinski definition) is 1. The van der Waals surface area contributed by atoms with E-state index in [0.29, 0.717) is 6.54 Å². The lowest BCUT2D eigenvalue weighted by atomic mass is 9.92. The van der Waals surface area contributed by atoms with Crippen molar-refractivity contribution in [1.82, 2.24) is 10.2 Å². The topological polar surface area (TPSA) is 88.1 Å². The molecule has 1 saturated heterocycles. The Kier molecular flexibility index (Phi) is 8.29. The molecule has 4 rings (SSSR count). The van der Waals surface area contributed by atoms with Crippen molar-refractivity contribution < 1.29 is 19.1 Å². The molecule has 184 valence electrons. The lowest BCUT2D eigenvalue weighted by Crippen LogP contribution is -2.51. The molecular weight excluding hydrogens is 442 g/mol. The van der Waals surface area contributed by atoms with Crippen molar-refractivity contribution in [3.05, 3.63) is 71.8 Å². The summed E-state index contributed by atoms with van der Waals surface area (Å²) < 4.78 is 5.38. The number of rotatable bonds is 8. The summed E-state index contributed by atoms with van der Waals surface area (Å²) in [6, 6.07) is 18.0. The van der Waals surface area contributed by atoms with Gasteiger partial charge >= 0.3 is 5.97 Å². The van der Waals surface area contributed by atoms with Crippen molar-refractivity contribution in [2.45, 2.75) is 64.2 Å². The summed E-state index contributed by atoms with van der Waals surface area (Å²) in [6.07, 6.45) is 4.72. The second-order valence-electron chi connectivity index (χ2n) is 9.07. The molecule has 35 heavy (non-hydrogen) atoms. The minimum Gasteiger partial charge on any atom is -0.464 e. The molecular formula is C28H33N3O4. The molecule has 2 aliphatic rings. The molecule has 0 radical (unpaired) electrons. The fourth-order valence-corrected chi connectivity index (χ4v) is 5.02. The third-order valence-corrected chi connectivity index (χ3v) is 6.73. The van der Waals surface area contributed by atoms with Gasteiger partial charge in [-0.15, -0.1) is 0 Å². The molecule has 1 heterocycles. The van der Waals surface area contributed by atoms with Gasteiger partial charge in [-0.25, -0.2) is 4.79 Å². The van der Waals surface area contributed by atoms with E-state index in [2.05, 4.69) is 10.3 Å². The Labute approximate surface area is 206 Å². The first-order valence-corrected chi connectivity index (χ1v) is 12.5. The summed E-state index contributed by atoms with van der Waals surface area (Å²) in [4.78, 5) is 46.7. The molecule has 0 bridgehead atoms. The third-order valence-electron chi connectivity index (χ3n) is 6.73. The zero-order valence-electron chi connectivity index (χ0n) is 20.2. The van der Waals surface area contributed by atoms with Crippen molar-refractivity contribution in [3.63, 3.8) is 0 Å². The van der Waals surface area contributed by atoms with E-state index in [1.807, 2.05) is 60.7 Å². The van der Waals surface area contributed by atoms with Gasteiger partial charge in [0.25, 0.3) is 5.91 Å². The molecule has 2 amide bonds. The summed E-state index contributed by atoms with van der Waals surface area (Å²) in [5, 5.41) is 2.93. The average Bonchev–Trinajstić information content (AvgIpc) is 3.20. The normalized spacial score (nSPS) is 21.8. The van der Waals surface area contributed by atoms with Crippen LogP contribution in [0, 0.1) is 5.92 Å². The van der Waals surface area contributed by atoms with Crippen molar-refractivity contribution in [3.8, 4) is 0 Å². The third kappa shape index (κ3) is 5.78. The van der Waals surface area contributed by atoms with Crippen LogP contribution in [0.4, 0.5) is 0 Å². The van der Waals surface area contributed by atoms with Crippen molar-refractivity contribution in [1.29, 1.82) is 0 Å². The molecule has 1 aliphatic carbocycles. The van der Waals surface area contributed by atoms with E-state index in [1.165, 1.54) is 0 Å². The van der Waals surface area contributed by atoms with Crippen LogP contribution in [0.3, 0.4) is 0 Å². The summed E-state index contributed by atoms with van der Waals surface area (Å²) in [6.45, 7) is 2.47. The first kappa shape index (κ1) is 24.6. The van der Waals surface area contributed by atoms with Gasteiger partial charge in [0.15, 0.2) is 0 Å². The van der Waals surface area contributed by atoms with E-state index in [4.69, 9.17) is 4.74 Å². The fraction of sp³-hybridized carbons (Fsp3) is 0.429. The van der Waals surface area contributed by atoms with Crippen LogP contribution < -0.4 is 5.32 Å². The largest absolute Gasteiger partial charge is 0.464 e. The van der Waals surface area contributed by atoms with Gasteiger partial charge in [0.1, 0.15) is 17.7 Å². The van der Waals surface area contributed by atoms with Gasteiger partial charge in [0.05, 0.1) is 13.2 Å². The first-order chi connectivity index (χ1) is 17.1. The summed E-state index contributed by atoms with van der Waals surface area (Å²) in [7, 11) is 0. The van der Waals surface area contributed by atoms with Gasteiger partial charge in [-0.05, 0) is 30.9 Å². The molecule has 2 unspecified atom stereocenters. The van der Waals surface area contributed by atoms with Crippen molar-refractivity contribution in [2.75, 3.05) is 6.61 Å². The minimum absolute atomic E-state index is 0.0977. The average molecular weight is 476 g/mol. The van der Waals surface area contributed by atoms with Gasteiger partial charge in [-0.3, -0.25) is 14.6 Å². The van der Waals surface area contributed by atoms with Crippen LogP contribution in [0.2, 0.25) is 0 Å². The number of ether oxygens (including phenoxy) is 1. The molecule has 2 aromatic carbocycles. The highest BCUT2D eigenvalue weighted by molar-refractivity contribution is 6.46. The number of nitrogens with one attached hydrogen (secondary N) is 1. The number of carbonyl (C=O) groups excluding carboxylic acids is 3. The minimum atomic E-state index is -1.02. The molecule has 7 heteroatoms. The number of esters is 1. The molecule has 1 aliphatic heterocycles. The van der Waals surface area contributed by atoms with E-state index in [1.54, 1.807) is 11.8 Å². The van der Waals surface area contributed by atoms with Crippen LogP contribution in [0.5, 0.6) is 0 Å². The summed E-state index contributed by atoms with van der Waals surface area (Å²) in [5.41, 5.74) is 2.01. The maximum atomic E-state index is 13.7. The highest BCUT2D eigenvalue weighted by atomic mass is 16.5. The van der Waals surface area contributed by atoms with E-state index < -0.39 is 17.9 Å². The molecule has 1 N–H and O–H groups in total. The van der Waals surface area contributed by atoms with Gasteiger partial charge < -0.3 is 15.0 Å². The second-order valence-corrected chi connectivity index (χ2v) is 9.07. The van der Waals surface area contributed by atoms with Crippen molar-refractivity contribution >= 4 is 23.5 Å². The van der Waals surface area contributed by atoms with Gasteiger partial charge in [-0.2, -0.15) is 0 Å². The van der Waals surface area contributed by atoms with Crippen LogP contribution >= 0.6 is 0 Å². The number of amides is 2. The fourth-order valence-electron chi connectivity index (χ4n) is 5.02. The molecule has 0 aromatic heterocycles. The number of hydrogen-bond acceptors (Lipinski definition) is 5. The standard InChI is InChI=1S/C28H33N3O4/c1-2-35-28(34)25-23(26(32)30-19-21-14-8-4-9-15-21)24(29-18-20-12-6-3-7-13-20)27(33)31(25)22-16-10-5-11-17-22/h3-4,6-9,12-15,22-23,25H,2,5,10-11,16-19H2,1H3,(H,30,32). The zero-order chi connectivity index (χ0) is 24.6. The van der Waals surface area contributed by atoms with Crippen LogP contribution in [0.1, 0.15) is 50.2 Å². The Bertz CT molecular complexity index is 1050. The maximum Gasteiger partial charge on any atom is 0.330 e. The Hall–Kier alpha value is -3.48. The van der Waals surface area contributed by atoms with Crippen LogP contribution in [0.15, 0.2) is 65.7 Å². The highest BCUT2D eigenvalue weighted by Gasteiger charge is 2.55. The van der Waals surface area contributed by atoms with Gasteiger partial charge in [-0.1, -0.05) is 79.9 Å². The van der Waals surface area contributed by atoms with Crippen LogP contribution in [-0.4, -0.2) is 47.1 Å². The molecule has 2 atom stereocenters. The number of carbonyl (C=O) groups is 3. The molecule has 7 nitrogen and oxygen atoms in total. The molecule has 2 aromatic rings. The predicted octanol–water partition coefficient (Wildman–Crippen LogP) is 3.67. The van der Waals surface area contributed by atoms with Crippen LogP contribution in [0.25, 0.3) is 0 Å². The Morgan fingerprint density at radius 1 is 0.971 bits per heavy atom.